The van der Waals surface area contributed by atoms with Crippen LogP contribution in [0.25, 0.3) is 0 Å². The molecule has 1 unspecified atom stereocenters. The largest absolute Gasteiger partial charge is 0.370 e. The van der Waals surface area contributed by atoms with Crippen molar-refractivity contribution < 1.29 is 4.79 Å². The minimum atomic E-state index is -0.225. The second kappa shape index (κ2) is 7.63. The van der Waals surface area contributed by atoms with Gasteiger partial charge in [0.1, 0.15) is 0 Å². The predicted molar refractivity (Wildman–Crippen MR) is 66.2 cm³/mol. The first kappa shape index (κ1) is 13.5. The van der Waals surface area contributed by atoms with Crippen LogP contribution < -0.4 is 11.1 Å². The lowest BCUT2D eigenvalue weighted by Crippen LogP contribution is -2.39. The predicted octanol–water partition coefficient (Wildman–Crippen LogP) is 0.716. The Balaban J connectivity index is 1.95. The number of likely N-dealkylation sites (tertiary alicyclic amines) is 1. The first-order chi connectivity index (χ1) is 7.70. The number of piperidine rings is 1. The Hall–Kier alpha value is -0.610. The van der Waals surface area contributed by atoms with Crippen LogP contribution in [0.3, 0.4) is 0 Å². The van der Waals surface area contributed by atoms with Crippen LogP contribution in [0.1, 0.15) is 39.0 Å². The summed E-state index contributed by atoms with van der Waals surface area (Å²) in [6.45, 7) is 6.44. The van der Waals surface area contributed by atoms with Crippen molar-refractivity contribution >= 4 is 5.91 Å². The summed E-state index contributed by atoms with van der Waals surface area (Å²) in [5.74, 6) is -0.225. The molecule has 0 aromatic carbocycles. The third-order valence-electron chi connectivity index (χ3n) is 3.29. The van der Waals surface area contributed by atoms with E-state index in [9.17, 15) is 4.79 Å². The smallest absolute Gasteiger partial charge is 0.218 e. The highest BCUT2D eigenvalue weighted by Gasteiger charge is 2.16. The van der Waals surface area contributed by atoms with Crippen molar-refractivity contribution in [3.05, 3.63) is 0 Å². The fraction of sp³-hybridized carbons (Fsp3) is 0.917. The van der Waals surface area contributed by atoms with E-state index >= 15 is 0 Å². The fourth-order valence-corrected chi connectivity index (χ4v) is 2.23. The Kier molecular flexibility index (Phi) is 6.42. The quantitative estimate of drug-likeness (QED) is 0.630. The molecule has 16 heavy (non-hydrogen) atoms. The van der Waals surface area contributed by atoms with E-state index in [1.54, 1.807) is 0 Å². The maximum absolute atomic E-state index is 10.5. The summed E-state index contributed by atoms with van der Waals surface area (Å²) in [5.41, 5.74) is 5.06. The Bertz CT molecular complexity index is 208. The molecule has 1 rings (SSSR count). The number of rotatable bonds is 7. The molecule has 1 fully saturated rings. The van der Waals surface area contributed by atoms with Crippen molar-refractivity contribution in [2.24, 2.45) is 5.73 Å². The molecule has 1 aliphatic rings. The molecule has 1 saturated heterocycles. The van der Waals surface area contributed by atoms with Gasteiger partial charge in [-0.2, -0.15) is 0 Å². The highest BCUT2D eigenvalue weighted by molar-refractivity contribution is 5.73. The number of carbonyl (C=O) groups excluding carboxylic acids is 1. The van der Waals surface area contributed by atoms with Crippen molar-refractivity contribution in [2.45, 2.75) is 45.1 Å². The van der Waals surface area contributed by atoms with Crippen LogP contribution in [0, 0.1) is 0 Å². The van der Waals surface area contributed by atoms with E-state index in [0.717, 1.165) is 19.0 Å². The molecule has 0 radical (unpaired) electrons. The zero-order chi connectivity index (χ0) is 11.8. The number of carbonyl (C=O) groups is 1. The lowest BCUT2D eigenvalue weighted by atomic mass is 10.0. The van der Waals surface area contributed by atoms with Crippen LogP contribution in [0.5, 0.6) is 0 Å². The van der Waals surface area contributed by atoms with Gasteiger partial charge >= 0.3 is 0 Å². The lowest BCUT2D eigenvalue weighted by Gasteiger charge is -2.33. The first-order valence-corrected chi connectivity index (χ1v) is 6.43. The van der Waals surface area contributed by atoms with Crippen LogP contribution in [0.15, 0.2) is 0 Å². The number of hydrogen-bond donors (Lipinski definition) is 2. The number of nitrogens with two attached hydrogens (primary N) is 1. The fourth-order valence-electron chi connectivity index (χ4n) is 2.23. The second-order valence-corrected chi connectivity index (χ2v) is 4.70. The van der Waals surface area contributed by atoms with E-state index < -0.39 is 0 Å². The molecule has 1 atom stereocenters. The highest BCUT2D eigenvalue weighted by atomic mass is 16.1. The van der Waals surface area contributed by atoms with Crippen LogP contribution in [-0.4, -0.2) is 43.0 Å². The van der Waals surface area contributed by atoms with Gasteiger partial charge in [-0.15, -0.1) is 0 Å². The van der Waals surface area contributed by atoms with E-state index in [4.69, 9.17) is 5.73 Å². The number of primary amides is 1. The Morgan fingerprint density at radius 2 is 2.25 bits per heavy atom. The maximum atomic E-state index is 10.5. The third-order valence-corrected chi connectivity index (χ3v) is 3.29. The molecule has 0 spiro atoms. The summed E-state index contributed by atoms with van der Waals surface area (Å²) >= 11 is 0. The summed E-state index contributed by atoms with van der Waals surface area (Å²) in [4.78, 5) is 13.1. The molecular formula is C12H25N3O. The topological polar surface area (TPSA) is 58.4 Å². The van der Waals surface area contributed by atoms with E-state index in [2.05, 4.69) is 17.1 Å². The van der Waals surface area contributed by atoms with Crippen molar-refractivity contribution in [3.8, 4) is 0 Å². The van der Waals surface area contributed by atoms with Gasteiger partial charge in [0.05, 0.1) is 0 Å². The number of amides is 1. The van der Waals surface area contributed by atoms with Crippen molar-refractivity contribution in [2.75, 3.05) is 26.2 Å². The van der Waals surface area contributed by atoms with Gasteiger partial charge in [-0.1, -0.05) is 6.42 Å². The van der Waals surface area contributed by atoms with Gasteiger partial charge < -0.3 is 16.0 Å². The minimum Gasteiger partial charge on any atom is -0.370 e. The minimum absolute atomic E-state index is 0.225. The first-order valence-electron chi connectivity index (χ1n) is 6.43. The van der Waals surface area contributed by atoms with Gasteiger partial charge in [0.25, 0.3) is 0 Å². The molecule has 3 N–H and O–H groups in total. The molecule has 1 aliphatic heterocycles. The van der Waals surface area contributed by atoms with Crippen molar-refractivity contribution in [3.63, 3.8) is 0 Å². The van der Waals surface area contributed by atoms with Crippen LogP contribution in [0.2, 0.25) is 0 Å². The monoisotopic (exact) mass is 227 g/mol. The van der Waals surface area contributed by atoms with Gasteiger partial charge in [-0.05, 0) is 45.8 Å². The zero-order valence-corrected chi connectivity index (χ0v) is 10.4. The normalized spacial score (nSPS) is 22.2. The molecule has 0 aromatic heterocycles. The summed E-state index contributed by atoms with van der Waals surface area (Å²) in [6.07, 6.45) is 5.67. The van der Waals surface area contributed by atoms with E-state index in [1.165, 1.54) is 32.4 Å². The molecule has 0 aromatic rings. The van der Waals surface area contributed by atoms with Gasteiger partial charge in [-0.3, -0.25) is 4.79 Å². The van der Waals surface area contributed by atoms with Gasteiger partial charge in [0.15, 0.2) is 0 Å². The van der Waals surface area contributed by atoms with Gasteiger partial charge in [0, 0.05) is 19.0 Å². The molecular weight excluding hydrogens is 202 g/mol. The van der Waals surface area contributed by atoms with Crippen LogP contribution in [-0.2, 0) is 4.79 Å². The Labute approximate surface area is 98.6 Å². The number of hydrogen-bond acceptors (Lipinski definition) is 3. The zero-order valence-electron chi connectivity index (χ0n) is 10.4. The molecule has 1 heterocycles. The molecule has 1 amide bonds. The SMILES string of the molecule is CC1CCCCN1CCCNCCC(N)=O. The maximum Gasteiger partial charge on any atom is 0.218 e. The molecule has 0 aliphatic carbocycles. The summed E-state index contributed by atoms with van der Waals surface area (Å²) in [5, 5.41) is 3.24. The molecule has 0 saturated carbocycles. The standard InChI is InChI=1S/C12H25N3O/c1-11-5-2-3-9-15(11)10-4-7-14-8-6-12(13)16/h11,14H,2-10H2,1H3,(H2,13,16). The average Bonchev–Trinajstić information content (AvgIpc) is 2.25. The third kappa shape index (κ3) is 5.47. The summed E-state index contributed by atoms with van der Waals surface area (Å²) < 4.78 is 0. The number of nitrogens with zero attached hydrogens (tertiary/aromatic N) is 1. The van der Waals surface area contributed by atoms with E-state index in [1.807, 2.05) is 0 Å². The van der Waals surface area contributed by atoms with Gasteiger partial charge in [-0.25, -0.2) is 0 Å². The highest BCUT2D eigenvalue weighted by Crippen LogP contribution is 2.15. The summed E-state index contributed by atoms with van der Waals surface area (Å²) in [6, 6.07) is 0.749. The Morgan fingerprint density at radius 1 is 1.44 bits per heavy atom. The lowest BCUT2D eigenvalue weighted by molar-refractivity contribution is -0.117. The Morgan fingerprint density at radius 3 is 2.94 bits per heavy atom. The van der Waals surface area contributed by atoms with E-state index in [-0.39, 0.29) is 5.91 Å². The van der Waals surface area contributed by atoms with Crippen LogP contribution in [0.4, 0.5) is 0 Å². The van der Waals surface area contributed by atoms with E-state index in [0.29, 0.717) is 13.0 Å². The molecule has 4 nitrogen and oxygen atoms in total. The molecule has 0 bridgehead atoms. The molecule has 94 valence electrons. The van der Waals surface area contributed by atoms with Crippen LogP contribution >= 0.6 is 0 Å². The van der Waals surface area contributed by atoms with Crippen molar-refractivity contribution in [1.82, 2.24) is 10.2 Å². The molecule has 4 heteroatoms. The van der Waals surface area contributed by atoms with Crippen molar-refractivity contribution in [1.29, 1.82) is 0 Å². The number of nitrogens with one attached hydrogen (secondary N) is 1. The summed E-state index contributed by atoms with van der Waals surface area (Å²) in [7, 11) is 0. The average molecular weight is 227 g/mol. The van der Waals surface area contributed by atoms with Gasteiger partial charge in [0.2, 0.25) is 5.91 Å². The second-order valence-electron chi connectivity index (χ2n) is 4.70.